The van der Waals surface area contributed by atoms with Crippen LogP contribution >= 0.6 is 0 Å². The molecule has 748 valence electrons. The van der Waals surface area contributed by atoms with E-state index in [9.17, 15) is 32.4 Å². The van der Waals surface area contributed by atoms with Gasteiger partial charge < -0.3 is 33.7 Å². The maximum atomic E-state index is 12.9. The van der Waals surface area contributed by atoms with Crippen molar-refractivity contribution >= 4 is 94.5 Å². The van der Waals surface area contributed by atoms with Crippen molar-refractivity contribution in [2.45, 2.75) is 123 Å². The molecule has 0 aliphatic carbocycles. The van der Waals surface area contributed by atoms with Crippen LogP contribution < -0.4 is 4.74 Å². The smallest absolute Gasteiger partial charge is 0.227 e. The number of furan rings is 1. The highest BCUT2D eigenvalue weighted by Gasteiger charge is 2.33. The van der Waals surface area contributed by atoms with Crippen LogP contribution in [0, 0.1) is 25.2 Å². The molecular formula is C119H107N21O9S. The molecule has 0 saturated carbocycles. The summed E-state index contributed by atoms with van der Waals surface area (Å²) >= 11 is 0. The SMILES string of the molecule is CCS(=O)(=O)c1ccc(-c2[nH]nc3ncc4c(c23)CCN(C(=O)Cc2ccccc2)C4)cc1.COc1cccc(-c2[nH]nc3ncc4c(c23)CCN(C(=O)Cc2ccccc2)C4)c1.Cc1ccc(-c2[nH]nc3ncc4c(c23)CCN(C(=O)Cc2ccccc2)C4)o1.Cc1cccc(-c2[nH]nc3ncc4c(c23)CCN(C(=O)Cc2ccccc2)C4)c1.N#Cc1ccc(-c2[nH]nc3ncc4c(c23)CCN(C(=O)Cc2ccccc2)C4)cc1. The third-order valence-corrected chi connectivity index (χ3v) is 30.2. The van der Waals surface area contributed by atoms with Gasteiger partial charge in [-0.05, 0) is 184 Å². The number of aryl methyl sites for hydroxylation is 2. The van der Waals surface area contributed by atoms with Gasteiger partial charge in [0.05, 0.1) is 111 Å². The van der Waals surface area contributed by atoms with E-state index < -0.39 is 9.84 Å². The quantitative estimate of drug-likeness (QED) is 0.0532. The Bertz CT molecular complexity index is 8580. The lowest BCUT2D eigenvalue weighted by Gasteiger charge is -2.29. The van der Waals surface area contributed by atoms with E-state index in [1.165, 1.54) is 27.8 Å². The van der Waals surface area contributed by atoms with Crippen LogP contribution in [0.4, 0.5) is 0 Å². The summed E-state index contributed by atoms with van der Waals surface area (Å²) in [5.74, 6) is 3.16. The Morgan fingerprint density at radius 1 is 0.347 bits per heavy atom. The normalized spacial score (nSPS) is 13.5. The number of carbonyl (C=O) groups is 5. The van der Waals surface area contributed by atoms with Crippen molar-refractivity contribution in [3.63, 3.8) is 0 Å². The largest absolute Gasteiger partial charge is 0.497 e. The van der Waals surface area contributed by atoms with Crippen molar-refractivity contribution in [3.05, 3.63) is 392 Å². The van der Waals surface area contributed by atoms with E-state index in [2.05, 4.69) is 113 Å². The zero-order valence-corrected chi connectivity index (χ0v) is 84.1. The Balaban J connectivity index is 0.000000110. The van der Waals surface area contributed by atoms with Gasteiger partial charge in [-0.3, -0.25) is 49.5 Å². The number of hydrogen-bond donors (Lipinski definition) is 5. The molecule has 0 spiro atoms. The summed E-state index contributed by atoms with van der Waals surface area (Å²) < 4.78 is 35.4. The molecule has 31 heteroatoms. The number of aromatic amines is 5. The maximum Gasteiger partial charge on any atom is 0.227 e. The Hall–Kier alpha value is -18.1. The lowest BCUT2D eigenvalue weighted by Crippen LogP contribution is -2.37. The van der Waals surface area contributed by atoms with Crippen LogP contribution in [0.1, 0.15) is 107 Å². The maximum absolute atomic E-state index is 12.9. The number of nitrogens with one attached hydrogen (secondary N) is 5. The zero-order valence-electron chi connectivity index (χ0n) is 83.3. The Kier molecular flexibility index (Phi) is 28.6. The van der Waals surface area contributed by atoms with Gasteiger partial charge in [0.2, 0.25) is 29.5 Å². The molecule has 5 amide bonds. The molecule has 30 nitrogen and oxygen atoms in total. The van der Waals surface area contributed by atoms with E-state index in [4.69, 9.17) is 14.4 Å². The number of rotatable bonds is 18. The molecular weight excluding hydrogens is 1900 g/mol. The lowest BCUT2D eigenvalue weighted by molar-refractivity contribution is -0.132. The molecule has 0 bridgehead atoms. The topological polar surface area (TPSA) is 390 Å². The summed E-state index contributed by atoms with van der Waals surface area (Å²) in [5, 5.41) is 51.6. The number of nitriles is 1. The predicted molar refractivity (Wildman–Crippen MR) is 574 cm³/mol. The van der Waals surface area contributed by atoms with Crippen LogP contribution in [0.25, 0.3) is 112 Å². The molecule has 0 saturated heterocycles. The first-order valence-electron chi connectivity index (χ1n) is 50.2. The third-order valence-electron chi connectivity index (χ3n) is 28.5. The summed E-state index contributed by atoms with van der Waals surface area (Å²) in [6, 6.07) is 85.9. The molecule has 0 fully saturated rings. The van der Waals surface area contributed by atoms with Gasteiger partial charge >= 0.3 is 0 Å². The Morgan fingerprint density at radius 2 is 0.640 bits per heavy atom. The molecule has 11 aromatic heterocycles. The van der Waals surface area contributed by atoms with Gasteiger partial charge in [0.25, 0.3) is 0 Å². The van der Waals surface area contributed by atoms with Crippen molar-refractivity contribution in [1.29, 1.82) is 5.26 Å². The molecule has 5 aliphatic rings. The van der Waals surface area contributed by atoms with E-state index in [1.54, 1.807) is 56.6 Å². The van der Waals surface area contributed by atoms with E-state index in [1.807, 2.05) is 256 Å². The van der Waals surface area contributed by atoms with Gasteiger partial charge in [0.1, 0.15) is 17.2 Å². The van der Waals surface area contributed by atoms with Gasteiger partial charge in [-0.1, -0.05) is 219 Å². The number of hydrogen-bond acceptors (Lipinski definition) is 20. The van der Waals surface area contributed by atoms with Crippen molar-refractivity contribution in [3.8, 4) is 68.3 Å². The van der Waals surface area contributed by atoms with E-state index in [0.29, 0.717) is 130 Å². The lowest BCUT2D eigenvalue weighted by atomic mass is 9.95. The molecule has 25 rings (SSSR count). The van der Waals surface area contributed by atoms with Gasteiger partial charge in [0.15, 0.2) is 43.8 Å². The fourth-order valence-electron chi connectivity index (χ4n) is 20.6. The predicted octanol–water partition coefficient (Wildman–Crippen LogP) is 18.6. The van der Waals surface area contributed by atoms with E-state index >= 15 is 0 Å². The average Bonchev–Trinajstić information content (AvgIpc) is 1.60. The third kappa shape index (κ3) is 21.2. The minimum Gasteiger partial charge on any atom is -0.497 e. The summed E-state index contributed by atoms with van der Waals surface area (Å²) in [6.45, 7) is 11.9. The minimum absolute atomic E-state index is 0.0657. The molecule has 9 aromatic carbocycles. The van der Waals surface area contributed by atoms with E-state index in [0.717, 1.165) is 194 Å². The fraction of sp³-hybridized carbons (Fsp3) is 0.210. The van der Waals surface area contributed by atoms with Gasteiger partial charge in [0, 0.05) is 119 Å². The summed E-state index contributed by atoms with van der Waals surface area (Å²) in [4.78, 5) is 96.6. The van der Waals surface area contributed by atoms with Crippen LogP contribution in [-0.4, -0.2) is 184 Å². The number of methoxy groups -OCH3 is 1. The molecule has 0 radical (unpaired) electrons. The van der Waals surface area contributed by atoms with Crippen LogP contribution in [0.15, 0.2) is 301 Å². The molecule has 0 unspecified atom stereocenters. The molecule has 5 aliphatic heterocycles. The first-order valence-corrected chi connectivity index (χ1v) is 51.9. The number of sulfone groups is 1. The zero-order chi connectivity index (χ0) is 103. The van der Waals surface area contributed by atoms with Crippen LogP contribution in [0.5, 0.6) is 5.75 Å². The number of ether oxygens (including phenoxy) is 1. The number of aromatic nitrogens is 15. The molecule has 150 heavy (non-hydrogen) atoms. The van der Waals surface area contributed by atoms with Gasteiger partial charge in [-0.25, -0.2) is 33.3 Å². The number of H-pyrrole nitrogens is 5. The van der Waals surface area contributed by atoms with E-state index in [-0.39, 0.29) is 35.3 Å². The summed E-state index contributed by atoms with van der Waals surface area (Å²) in [7, 11) is -1.59. The van der Waals surface area contributed by atoms with Crippen LogP contribution in [-0.2, 0) is 131 Å². The number of pyridine rings is 5. The Morgan fingerprint density at radius 3 is 0.933 bits per heavy atom. The second kappa shape index (κ2) is 43.7. The summed E-state index contributed by atoms with van der Waals surface area (Å²) in [5.41, 5.74) is 30.3. The molecule has 0 atom stereocenters. The number of amides is 5. The second-order valence-corrected chi connectivity index (χ2v) is 40.3. The van der Waals surface area contributed by atoms with Crippen LogP contribution in [0.3, 0.4) is 0 Å². The standard InChI is InChI=1S/C25H24N4O3S.C24H19N5O.C24H22N4O2.C24H22N4O.C22H20N4O2/c1-2-33(31,32)20-10-8-18(9-11-20)24-23-21-12-13-29(16-19(21)15-26-25(23)28-27-24)22(30)14-17-6-4-3-5-7-17;25-13-17-6-8-18(9-7-17)23-22-20-10-11-29(15-19(20)14-26-24(22)28-27-23)21(30)12-16-4-2-1-3-5-16;1-30-19-9-5-8-17(13-19)23-22-20-10-11-28(15-18(20)14-25-24(22)27-26-23)21(29)12-16-6-3-2-4-7-16;1-16-6-5-9-18(12-16)23-22-20-10-11-28(15-19(20)14-25-24(22)27-26-23)21(29)13-17-7-3-2-4-8-17;1-14-7-8-18(28-14)21-20-17-9-10-26(13-16(17)12-23-22(20)25-24-21)19(27)11-15-5-3-2-4-6-15/h3-11,15H,2,12-14,16H2,1H3,(H,26,27,28);1-9,14H,10-12,15H2,(H,26,27,28);2-9,13-14H,10-12,15H2,1H3,(H,25,26,27);2-9,12,14H,10-11,13,15H2,1H3,(H,25,26,27);2-8,12H,9-11,13H2,1H3,(H,23,24,25). The Labute approximate surface area is 865 Å². The first kappa shape index (κ1) is 98.0. The second-order valence-electron chi connectivity index (χ2n) is 38.1. The highest BCUT2D eigenvalue weighted by Crippen LogP contribution is 2.41. The van der Waals surface area contributed by atoms with Crippen molar-refractivity contribution in [2.24, 2.45) is 0 Å². The monoisotopic (exact) mass is 2010 g/mol. The molecule has 5 N–H and O–H groups in total. The highest BCUT2D eigenvalue weighted by atomic mass is 32.2. The number of fused-ring (bicyclic) bond motifs is 15. The fourth-order valence-corrected chi connectivity index (χ4v) is 21.4. The minimum atomic E-state index is -3.25. The molecule has 20 aromatic rings. The summed E-state index contributed by atoms with van der Waals surface area (Å²) in [6.07, 6.45) is 15.1. The van der Waals surface area contributed by atoms with Crippen molar-refractivity contribution < 1.29 is 41.5 Å². The van der Waals surface area contributed by atoms with Crippen molar-refractivity contribution in [2.75, 3.05) is 45.6 Å². The number of carbonyl (C=O) groups excluding carboxylic acids is 5. The first-order chi connectivity index (χ1) is 73.3. The van der Waals surface area contributed by atoms with Gasteiger partial charge in [-0.15, -0.1) is 0 Å². The van der Waals surface area contributed by atoms with Crippen LogP contribution in [0.2, 0.25) is 0 Å². The van der Waals surface area contributed by atoms with Crippen molar-refractivity contribution in [1.82, 2.24) is 100 Å². The number of benzene rings is 9. The van der Waals surface area contributed by atoms with Gasteiger partial charge in [-0.2, -0.15) is 30.8 Å². The number of nitrogens with zero attached hydrogens (tertiary/aromatic N) is 16. The average molecular weight is 2010 g/mol. The molecule has 16 heterocycles. The highest BCUT2D eigenvalue weighted by molar-refractivity contribution is 7.91.